The number of carboxylic acids is 1. The zero-order valence-electron chi connectivity index (χ0n) is 11.2. The Hall–Kier alpha value is -1.10. The highest BCUT2D eigenvalue weighted by Crippen LogP contribution is 2.20. The number of hydrogen-bond donors (Lipinski definition) is 3. The standard InChI is InChI=1S/C12H24N2O3/c1-5-11(4,10(16)17)8-14-9(15)12(13,6-2)7-3/h5-8,13H2,1-4H3,(H,14,15)(H,16,17). The van der Waals surface area contributed by atoms with Crippen LogP contribution < -0.4 is 11.1 Å². The van der Waals surface area contributed by atoms with Gasteiger partial charge in [-0.3, -0.25) is 9.59 Å². The van der Waals surface area contributed by atoms with Crippen molar-refractivity contribution in [3.8, 4) is 0 Å². The Kier molecular flexibility index (Phi) is 5.61. The van der Waals surface area contributed by atoms with Gasteiger partial charge in [-0.15, -0.1) is 0 Å². The number of nitrogens with two attached hydrogens (primary N) is 1. The van der Waals surface area contributed by atoms with E-state index in [4.69, 9.17) is 10.8 Å². The van der Waals surface area contributed by atoms with Gasteiger partial charge < -0.3 is 16.2 Å². The minimum atomic E-state index is -0.932. The fraction of sp³-hybridized carbons (Fsp3) is 0.833. The van der Waals surface area contributed by atoms with Crippen molar-refractivity contribution in [3.05, 3.63) is 0 Å². The number of carbonyl (C=O) groups excluding carboxylic acids is 1. The van der Waals surface area contributed by atoms with E-state index in [2.05, 4.69) is 5.32 Å². The quantitative estimate of drug-likeness (QED) is 0.625. The molecule has 5 heteroatoms. The first kappa shape index (κ1) is 15.9. The zero-order valence-corrected chi connectivity index (χ0v) is 11.2. The lowest BCUT2D eigenvalue weighted by Gasteiger charge is -2.29. The summed E-state index contributed by atoms with van der Waals surface area (Å²) in [6.07, 6.45) is 1.52. The molecule has 1 atom stereocenters. The first-order valence-electron chi connectivity index (χ1n) is 6.06. The Morgan fingerprint density at radius 2 is 1.65 bits per heavy atom. The Morgan fingerprint density at radius 1 is 1.18 bits per heavy atom. The molecule has 1 amide bonds. The van der Waals surface area contributed by atoms with Crippen LogP contribution >= 0.6 is 0 Å². The van der Waals surface area contributed by atoms with Crippen molar-refractivity contribution in [3.63, 3.8) is 0 Å². The van der Waals surface area contributed by atoms with Gasteiger partial charge in [0.2, 0.25) is 5.91 Å². The molecule has 4 N–H and O–H groups in total. The first-order chi connectivity index (χ1) is 7.75. The number of carboxylic acid groups (broad SMARTS) is 1. The molecule has 0 fully saturated rings. The first-order valence-corrected chi connectivity index (χ1v) is 6.06. The minimum absolute atomic E-state index is 0.108. The van der Waals surface area contributed by atoms with E-state index in [1.807, 2.05) is 13.8 Å². The van der Waals surface area contributed by atoms with Crippen molar-refractivity contribution >= 4 is 11.9 Å². The second-order valence-corrected chi connectivity index (χ2v) is 4.77. The van der Waals surface area contributed by atoms with Gasteiger partial charge in [0.15, 0.2) is 0 Å². The van der Waals surface area contributed by atoms with E-state index >= 15 is 0 Å². The van der Waals surface area contributed by atoms with Crippen LogP contribution in [0.3, 0.4) is 0 Å². The molecule has 17 heavy (non-hydrogen) atoms. The van der Waals surface area contributed by atoms with Gasteiger partial charge in [-0.1, -0.05) is 20.8 Å². The molecule has 0 bridgehead atoms. The lowest BCUT2D eigenvalue weighted by Crippen LogP contribution is -2.55. The van der Waals surface area contributed by atoms with Crippen molar-refractivity contribution in [1.29, 1.82) is 0 Å². The molecule has 0 aliphatic heterocycles. The molecule has 1 unspecified atom stereocenters. The number of amides is 1. The van der Waals surface area contributed by atoms with Crippen molar-refractivity contribution < 1.29 is 14.7 Å². The fourth-order valence-electron chi connectivity index (χ4n) is 1.37. The topological polar surface area (TPSA) is 92.4 Å². The number of rotatable bonds is 7. The molecule has 0 spiro atoms. The van der Waals surface area contributed by atoms with Gasteiger partial charge in [-0.05, 0) is 26.2 Å². The zero-order chi connectivity index (χ0) is 13.7. The normalized spacial score (nSPS) is 15.1. The van der Waals surface area contributed by atoms with Gasteiger partial charge in [0, 0.05) is 6.54 Å². The number of carbonyl (C=O) groups is 2. The Labute approximate surface area is 103 Å². The molecule has 0 radical (unpaired) electrons. The van der Waals surface area contributed by atoms with Crippen molar-refractivity contribution in [2.24, 2.45) is 11.1 Å². The number of nitrogens with one attached hydrogen (secondary N) is 1. The second kappa shape index (κ2) is 6.00. The minimum Gasteiger partial charge on any atom is -0.481 e. The maximum absolute atomic E-state index is 11.9. The molecule has 0 aliphatic rings. The Balaban J connectivity index is 4.57. The van der Waals surface area contributed by atoms with E-state index in [-0.39, 0.29) is 12.5 Å². The van der Waals surface area contributed by atoms with Gasteiger partial charge in [0.1, 0.15) is 0 Å². The molecule has 0 heterocycles. The highest BCUT2D eigenvalue weighted by atomic mass is 16.4. The number of hydrogen-bond acceptors (Lipinski definition) is 3. The summed E-state index contributed by atoms with van der Waals surface area (Å²) >= 11 is 0. The molecular weight excluding hydrogens is 220 g/mol. The van der Waals surface area contributed by atoms with E-state index in [1.165, 1.54) is 0 Å². The van der Waals surface area contributed by atoms with Crippen molar-refractivity contribution in [2.75, 3.05) is 6.54 Å². The van der Waals surface area contributed by atoms with Crippen LogP contribution in [-0.2, 0) is 9.59 Å². The van der Waals surface area contributed by atoms with Crippen molar-refractivity contribution in [1.82, 2.24) is 5.32 Å². The molecule has 0 saturated heterocycles. The van der Waals surface area contributed by atoms with E-state index in [0.717, 1.165) is 0 Å². The van der Waals surface area contributed by atoms with Gasteiger partial charge >= 0.3 is 5.97 Å². The van der Waals surface area contributed by atoms with Crippen LogP contribution in [0.4, 0.5) is 0 Å². The largest absolute Gasteiger partial charge is 0.481 e. The predicted molar refractivity (Wildman–Crippen MR) is 66.5 cm³/mol. The highest BCUT2D eigenvalue weighted by Gasteiger charge is 2.35. The summed E-state index contributed by atoms with van der Waals surface area (Å²) in [5, 5.41) is 11.7. The van der Waals surface area contributed by atoms with E-state index in [1.54, 1.807) is 13.8 Å². The van der Waals surface area contributed by atoms with Gasteiger partial charge in [-0.2, -0.15) is 0 Å². The lowest BCUT2D eigenvalue weighted by atomic mass is 9.86. The van der Waals surface area contributed by atoms with Crippen LogP contribution in [0.1, 0.15) is 47.0 Å². The molecule has 0 aliphatic carbocycles. The molecule has 5 nitrogen and oxygen atoms in total. The maximum Gasteiger partial charge on any atom is 0.311 e. The van der Waals surface area contributed by atoms with Gasteiger partial charge in [0.05, 0.1) is 11.0 Å². The average molecular weight is 244 g/mol. The van der Waals surface area contributed by atoms with E-state index in [9.17, 15) is 9.59 Å². The molecule has 0 aromatic heterocycles. The summed E-state index contributed by atoms with van der Waals surface area (Å²) in [6.45, 7) is 7.20. The third kappa shape index (κ3) is 3.70. The third-order valence-corrected chi connectivity index (χ3v) is 3.65. The summed E-state index contributed by atoms with van der Waals surface area (Å²) in [6, 6.07) is 0. The van der Waals surface area contributed by atoms with Crippen LogP contribution in [-0.4, -0.2) is 29.1 Å². The molecule has 100 valence electrons. The smallest absolute Gasteiger partial charge is 0.311 e. The lowest BCUT2D eigenvalue weighted by molar-refractivity contribution is -0.148. The summed E-state index contributed by atoms with van der Waals surface area (Å²) in [7, 11) is 0. The molecule has 0 aromatic rings. The SMILES string of the molecule is CCC(C)(CNC(=O)C(N)(CC)CC)C(=O)O. The fourth-order valence-corrected chi connectivity index (χ4v) is 1.37. The highest BCUT2D eigenvalue weighted by molar-refractivity contribution is 5.86. The summed E-state index contributed by atoms with van der Waals surface area (Å²) in [4.78, 5) is 23.0. The van der Waals surface area contributed by atoms with Crippen LogP contribution in [0.2, 0.25) is 0 Å². The van der Waals surface area contributed by atoms with Crippen LogP contribution in [0, 0.1) is 5.41 Å². The molecular formula is C12H24N2O3. The van der Waals surface area contributed by atoms with Gasteiger partial charge in [-0.25, -0.2) is 0 Å². The maximum atomic E-state index is 11.9. The van der Waals surface area contributed by atoms with Crippen LogP contribution in [0.25, 0.3) is 0 Å². The average Bonchev–Trinajstić information content (AvgIpc) is 2.33. The molecule has 0 aromatic carbocycles. The summed E-state index contributed by atoms with van der Waals surface area (Å²) < 4.78 is 0. The predicted octanol–water partition coefficient (Wildman–Crippen LogP) is 1.12. The Morgan fingerprint density at radius 3 is 1.94 bits per heavy atom. The van der Waals surface area contributed by atoms with Crippen LogP contribution in [0.5, 0.6) is 0 Å². The molecule has 0 rings (SSSR count). The van der Waals surface area contributed by atoms with Crippen molar-refractivity contribution in [2.45, 2.75) is 52.5 Å². The van der Waals surface area contributed by atoms with E-state index in [0.29, 0.717) is 19.3 Å². The Bertz CT molecular complexity index is 287. The monoisotopic (exact) mass is 244 g/mol. The molecule has 0 saturated carbocycles. The second-order valence-electron chi connectivity index (χ2n) is 4.77. The summed E-state index contributed by atoms with van der Waals surface area (Å²) in [5.74, 6) is -1.18. The third-order valence-electron chi connectivity index (χ3n) is 3.65. The van der Waals surface area contributed by atoms with Gasteiger partial charge in [0.25, 0.3) is 0 Å². The van der Waals surface area contributed by atoms with E-state index < -0.39 is 16.9 Å². The number of aliphatic carboxylic acids is 1. The summed E-state index contributed by atoms with van der Waals surface area (Å²) in [5.41, 5.74) is 4.10. The van der Waals surface area contributed by atoms with Crippen LogP contribution in [0.15, 0.2) is 0 Å².